The van der Waals surface area contributed by atoms with Crippen molar-refractivity contribution in [1.82, 2.24) is 0 Å². The molecule has 1 saturated carbocycles. The SMILES string of the molecule is CCCCC1CC1C(C)COCCC. The van der Waals surface area contributed by atoms with E-state index in [9.17, 15) is 0 Å². The molecule has 0 radical (unpaired) electrons. The van der Waals surface area contributed by atoms with Gasteiger partial charge in [0.05, 0.1) is 0 Å². The molecule has 0 aromatic heterocycles. The fraction of sp³-hybridized carbons (Fsp3) is 1.00. The topological polar surface area (TPSA) is 9.23 Å². The third-order valence-corrected chi connectivity index (χ3v) is 3.37. The molecular formula is C13H26O. The van der Waals surface area contributed by atoms with E-state index in [-0.39, 0.29) is 0 Å². The lowest BCUT2D eigenvalue weighted by atomic mass is 10.0. The number of ether oxygens (including phenoxy) is 1. The van der Waals surface area contributed by atoms with E-state index < -0.39 is 0 Å². The van der Waals surface area contributed by atoms with Crippen LogP contribution in [0, 0.1) is 17.8 Å². The summed E-state index contributed by atoms with van der Waals surface area (Å²) in [6.07, 6.45) is 6.85. The largest absolute Gasteiger partial charge is 0.381 e. The summed E-state index contributed by atoms with van der Waals surface area (Å²) in [7, 11) is 0. The number of hydrogen-bond acceptors (Lipinski definition) is 1. The summed E-state index contributed by atoms with van der Waals surface area (Å²) in [5.74, 6) is 2.82. The van der Waals surface area contributed by atoms with Crippen LogP contribution in [-0.4, -0.2) is 13.2 Å². The smallest absolute Gasteiger partial charge is 0.0494 e. The molecule has 0 saturated heterocycles. The summed E-state index contributed by atoms with van der Waals surface area (Å²) < 4.78 is 5.60. The van der Waals surface area contributed by atoms with Gasteiger partial charge in [-0.05, 0) is 30.6 Å². The van der Waals surface area contributed by atoms with Gasteiger partial charge in [-0.15, -0.1) is 0 Å². The third-order valence-electron chi connectivity index (χ3n) is 3.37. The van der Waals surface area contributed by atoms with Crippen molar-refractivity contribution in [2.45, 2.75) is 52.9 Å². The molecule has 14 heavy (non-hydrogen) atoms. The molecule has 0 N–H and O–H groups in total. The van der Waals surface area contributed by atoms with Crippen LogP contribution >= 0.6 is 0 Å². The zero-order valence-corrected chi connectivity index (χ0v) is 10.1. The van der Waals surface area contributed by atoms with Gasteiger partial charge in [0.25, 0.3) is 0 Å². The zero-order chi connectivity index (χ0) is 10.4. The van der Waals surface area contributed by atoms with Crippen LogP contribution in [-0.2, 0) is 4.74 Å². The third kappa shape index (κ3) is 4.00. The highest BCUT2D eigenvalue weighted by Crippen LogP contribution is 2.47. The molecule has 0 spiro atoms. The van der Waals surface area contributed by atoms with Crippen LogP contribution in [0.4, 0.5) is 0 Å². The van der Waals surface area contributed by atoms with Crippen molar-refractivity contribution in [2.24, 2.45) is 17.8 Å². The van der Waals surface area contributed by atoms with Gasteiger partial charge in [0, 0.05) is 13.2 Å². The van der Waals surface area contributed by atoms with Gasteiger partial charge in [0.1, 0.15) is 0 Å². The van der Waals surface area contributed by atoms with Crippen molar-refractivity contribution in [3.8, 4) is 0 Å². The first-order valence-electron chi connectivity index (χ1n) is 6.37. The quantitative estimate of drug-likeness (QED) is 0.538. The maximum absolute atomic E-state index is 5.60. The van der Waals surface area contributed by atoms with E-state index in [4.69, 9.17) is 4.74 Å². The number of hydrogen-bond donors (Lipinski definition) is 0. The minimum atomic E-state index is 0.795. The van der Waals surface area contributed by atoms with Crippen molar-refractivity contribution >= 4 is 0 Å². The van der Waals surface area contributed by atoms with Crippen molar-refractivity contribution in [2.75, 3.05) is 13.2 Å². The monoisotopic (exact) mass is 198 g/mol. The summed E-state index contributed by atoms with van der Waals surface area (Å²) in [6, 6.07) is 0. The fourth-order valence-corrected chi connectivity index (χ4v) is 2.30. The van der Waals surface area contributed by atoms with Crippen molar-refractivity contribution in [1.29, 1.82) is 0 Å². The molecule has 84 valence electrons. The Morgan fingerprint density at radius 3 is 2.71 bits per heavy atom. The molecule has 1 fully saturated rings. The molecule has 0 heterocycles. The molecule has 1 heteroatoms. The maximum Gasteiger partial charge on any atom is 0.0494 e. The second kappa shape index (κ2) is 6.44. The normalized spacial score (nSPS) is 27.6. The number of rotatable bonds is 8. The highest BCUT2D eigenvalue weighted by molar-refractivity contribution is 4.89. The first-order valence-corrected chi connectivity index (χ1v) is 6.37. The van der Waals surface area contributed by atoms with Crippen molar-refractivity contribution in [3.05, 3.63) is 0 Å². The molecule has 1 aliphatic rings. The molecule has 3 atom stereocenters. The lowest BCUT2D eigenvalue weighted by Crippen LogP contribution is -2.09. The molecule has 0 bridgehead atoms. The van der Waals surface area contributed by atoms with Gasteiger partial charge in [-0.25, -0.2) is 0 Å². The second-order valence-electron chi connectivity index (χ2n) is 4.85. The summed E-state index contributed by atoms with van der Waals surface area (Å²) in [5, 5.41) is 0. The van der Waals surface area contributed by atoms with Crippen LogP contribution in [0.1, 0.15) is 52.9 Å². The van der Waals surface area contributed by atoms with Gasteiger partial charge < -0.3 is 4.74 Å². The maximum atomic E-state index is 5.60. The fourth-order valence-electron chi connectivity index (χ4n) is 2.30. The highest BCUT2D eigenvalue weighted by atomic mass is 16.5. The lowest BCUT2D eigenvalue weighted by Gasteiger charge is -2.11. The summed E-state index contributed by atoms with van der Waals surface area (Å²) >= 11 is 0. The predicted molar refractivity (Wildman–Crippen MR) is 61.4 cm³/mol. The molecule has 3 unspecified atom stereocenters. The number of unbranched alkanes of at least 4 members (excludes halogenated alkanes) is 1. The molecule has 0 aliphatic heterocycles. The molecule has 0 aromatic carbocycles. The Bertz CT molecular complexity index is 144. The Morgan fingerprint density at radius 2 is 2.07 bits per heavy atom. The predicted octanol–water partition coefficient (Wildman–Crippen LogP) is 3.88. The minimum absolute atomic E-state index is 0.795. The average Bonchev–Trinajstić information content (AvgIpc) is 2.94. The van der Waals surface area contributed by atoms with E-state index in [1.54, 1.807) is 0 Å². The van der Waals surface area contributed by atoms with Gasteiger partial charge in [-0.2, -0.15) is 0 Å². The van der Waals surface area contributed by atoms with E-state index in [0.717, 1.165) is 37.4 Å². The van der Waals surface area contributed by atoms with Crippen LogP contribution in [0.3, 0.4) is 0 Å². The van der Waals surface area contributed by atoms with Crippen LogP contribution in [0.2, 0.25) is 0 Å². The van der Waals surface area contributed by atoms with Gasteiger partial charge >= 0.3 is 0 Å². The van der Waals surface area contributed by atoms with Crippen LogP contribution < -0.4 is 0 Å². The van der Waals surface area contributed by atoms with Crippen molar-refractivity contribution in [3.63, 3.8) is 0 Å². The summed E-state index contributed by atoms with van der Waals surface area (Å²) in [4.78, 5) is 0. The molecule has 1 rings (SSSR count). The minimum Gasteiger partial charge on any atom is -0.381 e. The van der Waals surface area contributed by atoms with Gasteiger partial charge in [0.2, 0.25) is 0 Å². The second-order valence-corrected chi connectivity index (χ2v) is 4.85. The summed E-state index contributed by atoms with van der Waals surface area (Å²) in [5.41, 5.74) is 0. The van der Waals surface area contributed by atoms with Crippen LogP contribution in [0.15, 0.2) is 0 Å². The Kier molecular flexibility index (Phi) is 5.54. The van der Waals surface area contributed by atoms with Crippen LogP contribution in [0.5, 0.6) is 0 Å². The molecule has 0 amide bonds. The standard InChI is InChI=1S/C13H26O/c1-4-6-7-12-9-13(12)11(3)10-14-8-5-2/h11-13H,4-10H2,1-3H3. The molecule has 1 aliphatic carbocycles. The Hall–Kier alpha value is -0.0400. The van der Waals surface area contributed by atoms with E-state index >= 15 is 0 Å². The van der Waals surface area contributed by atoms with E-state index in [2.05, 4.69) is 20.8 Å². The Balaban J connectivity index is 2.00. The Labute approximate surface area is 89.2 Å². The first kappa shape index (κ1) is 12.0. The zero-order valence-electron chi connectivity index (χ0n) is 10.1. The van der Waals surface area contributed by atoms with Crippen LogP contribution in [0.25, 0.3) is 0 Å². The van der Waals surface area contributed by atoms with E-state index in [0.29, 0.717) is 0 Å². The molecular weight excluding hydrogens is 172 g/mol. The molecule has 0 aromatic rings. The average molecular weight is 198 g/mol. The summed E-state index contributed by atoms with van der Waals surface area (Å²) in [6.45, 7) is 8.74. The van der Waals surface area contributed by atoms with Crippen molar-refractivity contribution < 1.29 is 4.74 Å². The Morgan fingerprint density at radius 1 is 1.29 bits per heavy atom. The van der Waals surface area contributed by atoms with Gasteiger partial charge in [0.15, 0.2) is 0 Å². The van der Waals surface area contributed by atoms with E-state index in [1.165, 1.54) is 25.7 Å². The van der Waals surface area contributed by atoms with Gasteiger partial charge in [-0.3, -0.25) is 0 Å². The van der Waals surface area contributed by atoms with E-state index in [1.807, 2.05) is 0 Å². The first-order chi connectivity index (χ1) is 6.79. The van der Waals surface area contributed by atoms with Gasteiger partial charge in [-0.1, -0.05) is 40.0 Å². The highest BCUT2D eigenvalue weighted by Gasteiger charge is 2.39. The lowest BCUT2D eigenvalue weighted by molar-refractivity contribution is 0.0963. The molecule has 1 nitrogen and oxygen atoms in total.